The van der Waals surface area contributed by atoms with Crippen LogP contribution in [0.2, 0.25) is 0 Å². The van der Waals surface area contributed by atoms with E-state index in [0.717, 1.165) is 0 Å². The van der Waals surface area contributed by atoms with Crippen molar-refractivity contribution in [2.45, 2.75) is 32.9 Å². The van der Waals surface area contributed by atoms with Gasteiger partial charge in [0.15, 0.2) is 5.69 Å². The third kappa shape index (κ3) is 4.50. The van der Waals surface area contributed by atoms with Crippen LogP contribution in [-0.2, 0) is 18.4 Å². The number of furan rings is 1. The Bertz CT molecular complexity index is 1010. The largest absolute Gasteiger partial charge is 0.467 e. The average molecular weight is 406 g/mol. The maximum atomic E-state index is 12.9. The molecular formula is C18H20F2N6O3. The van der Waals surface area contributed by atoms with Crippen LogP contribution in [0.4, 0.5) is 14.5 Å². The molecule has 29 heavy (non-hydrogen) atoms. The van der Waals surface area contributed by atoms with Crippen molar-refractivity contribution in [3.05, 3.63) is 53.5 Å². The van der Waals surface area contributed by atoms with E-state index in [-0.39, 0.29) is 17.9 Å². The second-order valence-corrected chi connectivity index (χ2v) is 6.45. The molecule has 3 rings (SSSR count). The Hall–Kier alpha value is -3.50. The van der Waals surface area contributed by atoms with Crippen LogP contribution in [0, 0.1) is 6.92 Å². The molecule has 0 saturated heterocycles. The molecule has 9 nitrogen and oxygen atoms in total. The van der Waals surface area contributed by atoms with Crippen LogP contribution in [0.15, 0.2) is 35.1 Å². The van der Waals surface area contributed by atoms with Gasteiger partial charge < -0.3 is 15.1 Å². The predicted molar refractivity (Wildman–Crippen MR) is 98.3 cm³/mol. The number of nitrogens with one attached hydrogen (secondary N) is 2. The molecule has 0 aliphatic rings. The number of carbonyl (C=O) groups excluding carboxylic acids is 2. The molecule has 0 aliphatic heterocycles. The minimum absolute atomic E-state index is 0.0186. The van der Waals surface area contributed by atoms with Gasteiger partial charge in [0.05, 0.1) is 18.5 Å². The van der Waals surface area contributed by atoms with E-state index in [1.54, 1.807) is 26.1 Å². The van der Waals surface area contributed by atoms with Gasteiger partial charge in [-0.25, -0.2) is 8.78 Å². The van der Waals surface area contributed by atoms with Gasteiger partial charge in [-0.2, -0.15) is 10.2 Å². The summed E-state index contributed by atoms with van der Waals surface area (Å²) in [5.41, 5.74) is 0.234. The second-order valence-electron chi connectivity index (χ2n) is 6.45. The lowest BCUT2D eigenvalue weighted by Gasteiger charge is -2.14. The molecule has 11 heteroatoms. The Morgan fingerprint density at radius 1 is 1.31 bits per heavy atom. The predicted octanol–water partition coefficient (Wildman–Crippen LogP) is 2.59. The Morgan fingerprint density at radius 3 is 2.69 bits per heavy atom. The van der Waals surface area contributed by atoms with Gasteiger partial charge in [-0.05, 0) is 32.0 Å². The molecule has 3 heterocycles. The van der Waals surface area contributed by atoms with E-state index in [2.05, 4.69) is 20.8 Å². The molecular weight excluding hydrogens is 386 g/mol. The topological polar surface area (TPSA) is 107 Å². The first-order valence-electron chi connectivity index (χ1n) is 8.75. The van der Waals surface area contributed by atoms with Gasteiger partial charge >= 0.3 is 0 Å². The van der Waals surface area contributed by atoms with E-state index < -0.39 is 30.0 Å². The smallest absolute Gasteiger partial charge is 0.282 e. The first-order valence-corrected chi connectivity index (χ1v) is 8.75. The van der Waals surface area contributed by atoms with Gasteiger partial charge in [-0.1, -0.05) is 0 Å². The Kier molecular flexibility index (Phi) is 5.76. The fraction of sp³-hybridized carbons (Fsp3) is 0.333. The van der Waals surface area contributed by atoms with Gasteiger partial charge in [0.1, 0.15) is 17.5 Å². The lowest BCUT2D eigenvalue weighted by atomic mass is 10.2. The molecule has 154 valence electrons. The van der Waals surface area contributed by atoms with Crippen molar-refractivity contribution in [1.82, 2.24) is 24.9 Å². The highest BCUT2D eigenvalue weighted by Crippen LogP contribution is 2.22. The summed E-state index contributed by atoms with van der Waals surface area (Å²) < 4.78 is 33.5. The normalized spacial score (nSPS) is 12.2. The number of carbonyl (C=O) groups is 2. The van der Waals surface area contributed by atoms with Crippen LogP contribution in [0.3, 0.4) is 0 Å². The third-order valence-electron chi connectivity index (χ3n) is 4.22. The number of halogens is 2. The number of amides is 2. The number of anilines is 1. The molecule has 1 unspecified atom stereocenters. The molecule has 3 aromatic heterocycles. The molecule has 2 N–H and O–H groups in total. The lowest BCUT2D eigenvalue weighted by Crippen LogP contribution is -2.28. The highest BCUT2D eigenvalue weighted by Gasteiger charge is 2.24. The van der Waals surface area contributed by atoms with Crippen LogP contribution < -0.4 is 10.6 Å². The van der Waals surface area contributed by atoms with Crippen molar-refractivity contribution in [3.8, 4) is 0 Å². The molecule has 0 spiro atoms. The van der Waals surface area contributed by atoms with E-state index in [1.165, 1.54) is 34.8 Å². The van der Waals surface area contributed by atoms with E-state index in [4.69, 9.17) is 4.42 Å². The highest BCUT2D eigenvalue weighted by molar-refractivity contribution is 6.02. The monoisotopic (exact) mass is 406 g/mol. The molecule has 3 aromatic rings. The number of alkyl halides is 2. The molecule has 1 atom stereocenters. The molecule has 0 saturated carbocycles. The number of rotatable bonds is 7. The van der Waals surface area contributed by atoms with Crippen molar-refractivity contribution < 1.29 is 22.8 Å². The SMILES string of the molecule is Cc1cc(C(F)F)nn1C(C)C(=O)Nc1cn(C)nc1C(=O)NCc1ccco1. The summed E-state index contributed by atoms with van der Waals surface area (Å²) >= 11 is 0. The van der Waals surface area contributed by atoms with E-state index in [1.807, 2.05) is 0 Å². The number of hydrogen-bond donors (Lipinski definition) is 2. The van der Waals surface area contributed by atoms with Gasteiger partial charge in [0.25, 0.3) is 12.3 Å². The van der Waals surface area contributed by atoms with Crippen molar-refractivity contribution in [1.29, 1.82) is 0 Å². The zero-order chi connectivity index (χ0) is 21.1. The summed E-state index contributed by atoms with van der Waals surface area (Å²) in [6.07, 6.45) is 0.242. The standard InChI is InChI=1S/C18H20F2N6O3/c1-10-7-13(16(19)20)23-26(10)11(2)17(27)22-14-9-25(3)24-15(14)18(28)21-8-12-5-4-6-29-12/h4-7,9,11,16H,8H2,1-3H3,(H,21,28)(H,22,27). The summed E-state index contributed by atoms with van der Waals surface area (Å²) in [6.45, 7) is 3.27. The van der Waals surface area contributed by atoms with Crippen molar-refractivity contribution in [3.63, 3.8) is 0 Å². The van der Waals surface area contributed by atoms with Crippen molar-refractivity contribution >= 4 is 17.5 Å². The number of nitrogens with zero attached hydrogens (tertiary/aromatic N) is 4. The van der Waals surface area contributed by atoms with Gasteiger partial charge in [0.2, 0.25) is 5.91 Å². The van der Waals surface area contributed by atoms with Gasteiger partial charge in [-0.3, -0.25) is 19.0 Å². The molecule has 0 radical (unpaired) electrons. The summed E-state index contributed by atoms with van der Waals surface area (Å²) in [6, 6.07) is 3.77. The Balaban J connectivity index is 1.72. The van der Waals surface area contributed by atoms with Crippen LogP contribution >= 0.6 is 0 Å². The second kappa shape index (κ2) is 8.25. The minimum atomic E-state index is -2.73. The Labute approximate surface area is 164 Å². The van der Waals surface area contributed by atoms with Crippen LogP contribution in [-0.4, -0.2) is 31.4 Å². The summed E-state index contributed by atoms with van der Waals surface area (Å²) in [5, 5.41) is 13.1. The number of aromatic nitrogens is 4. The first kappa shape index (κ1) is 20.2. The number of aryl methyl sites for hydroxylation is 2. The van der Waals surface area contributed by atoms with Crippen LogP contribution in [0.5, 0.6) is 0 Å². The maximum absolute atomic E-state index is 12.9. The third-order valence-corrected chi connectivity index (χ3v) is 4.22. The van der Waals surface area contributed by atoms with Gasteiger partial charge in [0, 0.05) is 18.9 Å². The number of hydrogen-bond acceptors (Lipinski definition) is 5. The van der Waals surface area contributed by atoms with Crippen molar-refractivity contribution in [2.24, 2.45) is 7.05 Å². The van der Waals surface area contributed by atoms with Gasteiger partial charge in [-0.15, -0.1) is 0 Å². The van der Waals surface area contributed by atoms with E-state index >= 15 is 0 Å². The van der Waals surface area contributed by atoms with Crippen molar-refractivity contribution in [2.75, 3.05) is 5.32 Å². The first-order chi connectivity index (χ1) is 13.8. The quantitative estimate of drug-likeness (QED) is 0.627. The summed E-state index contributed by atoms with van der Waals surface area (Å²) in [7, 11) is 1.61. The van der Waals surface area contributed by atoms with Crippen LogP contribution in [0.1, 0.15) is 47.0 Å². The van der Waals surface area contributed by atoms with Crippen LogP contribution in [0.25, 0.3) is 0 Å². The minimum Gasteiger partial charge on any atom is -0.467 e. The average Bonchev–Trinajstić information content (AvgIpc) is 3.39. The highest BCUT2D eigenvalue weighted by atomic mass is 19.3. The molecule has 0 aliphatic carbocycles. The fourth-order valence-electron chi connectivity index (χ4n) is 2.77. The maximum Gasteiger partial charge on any atom is 0.282 e. The summed E-state index contributed by atoms with van der Waals surface area (Å²) in [5.74, 6) is -0.456. The Morgan fingerprint density at radius 2 is 2.07 bits per heavy atom. The molecule has 0 fully saturated rings. The molecule has 0 aromatic carbocycles. The lowest BCUT2D eigenvalue weighted by molar-refractivity contribution is -0.119. The van der Waals surface area contributed by atoms with E-state index in [0.29, 0.717) is 11.5 Å². The zero-order valence-electron chi connectivity index (χ0n) is 16.0. The molecule has 0 bridgehead atoms. The summed E-state index contributed by atoms with van der Waals surface area (Å²) in [4.78, 5) is 25.1. The van der Waals surface area contributed by atoms with E-state index in [9.17, 15) is 18.4 Å². The molecule has 2 amide bonds. The fourth-order valence-corrected chi connectivity index (χ4v) is 2.77. The zero-order valence-corrected chi connectivity index (χ0v) is 16.0.